The number of hydrazone groups is 1. The molecule has 0 bridgehead atoms. The summed E-state index contributed by atoms with van der Waals surface area (Å²) < 4.78 is 13.2. The molecule has 1 aliphatic rings. The van der Waals surface area contributed by atoms with Crippen LogP contribution in [0.5, 0.6) is 0 Å². The second-order valence-electron chi connectivity index (χ2n) is 5.64. The van der Waals surface area contributed by atoms with Gasteiger partial charge in [0.15, 0.2) is 5.84 Å². The van der Waals surface area contributed by atoms with Crippen LogP contribution in [-0.2, 0) is 0 Å². The van der Waals surface area contributed by atoms with E-state index in [4.69, 9.17) is 0 Å². The highest BCUT2D eigenvalue weighted by molar-refractivity contribution is 6.00. The first-order valence-electron chi connectivity index (χ1n) is 8.01. The average Bonchev–Trinajstić information content (AvgIpc) is 2.69. The molecule has 0 atom stereocenters. The summed E-state index contributed by atoms with van der Waals surface area (Å²) in [5, 5.41) is 8.42. The van der Waals surface area contributed by atoms with E-state index in [1.807, 2.05) is 70.7 Å². The van der Waals surface area contributed by atoms with Crippen molar-refractivity contribution in [3.63, 3.8) is 0 Å². The molecule has 0 unspecified atom stereocenters. The zero-order valence-electron chi connectivity index (χ0n) is 13.5. The smallest absolute Gasteiger partial charge is 0.199 e. The molecule has 0 aliphatic carbocycles. The quantitative estimate of drug-likeness (QED) is 0.727. The van der Waals surface area contributed by atoms with Crippen LogP contribution in [0, 0.1) is 5.82 Å². The van der Waals surface area contributed by atoms with Gasteiger partial charge in [-0.05, 0) is 48.5 Å². The molecular formula is C20H16FN4. The minimum atomic E-state index is -0.278. The van der Waals surface area contributed by atoms with Gasteiger partial charge in [-0.3, -0.25) is 0 Å². The Labute approximate surface area is 145 Å². The molecular weight excluding hydrogens is 315 g/mol. The van der Waals surface area contributed by atoms with Crippen LogP contribution in [0.2, 0.25) is 0 Å². The van der Waals surface area contributed by atoms with Crippen molar-refractivity contribution < 1.29 is 4.39 Å². The van der Waals surface area contributed by atoms with Crippen LogP contribution in [0.25, 0.3) is 0 Å². The van der Waals surface area contributed by atoms with Crippen molar-refractivity contribution in [2.75, 3.05) is 16.7 Å². The lowest BCUT2D eigenvalue weighted by Gasteiger charge is -2.34. The maximum absolute atomic E-state index is 13.2. The van der Waals surface area contributed by atoms with Gasteiger partial charge >= 0.3 is 0 Å². The van der Waals surface area contributed by atoms with E-state index in [0.717, 1.165) is 16.9 Å². The van der Waals surface area contributed by atoms with E-state index in [0.29, 0.717) is 12.5 Å². The van der Waals surface area contributed by atoms with Crippen molar-refractivity contribution in [2.45, 2.75) is 0 Å². The Morgan fingerprint density at radius 3 is 1.84 bits per heavy atom. The Hall–Kier alpha value is -3.34. The van der Waals surface area contributed by atoms with E-state index in [2.05, 4.69) is 10.5 Å². The largest absolute Gasteiger partial charge is 0.242 e. The molecule has 0 N–H and O–H groups in total. The number of hydrogen-bond acceptors (Lipinski definition) is 3. The SMILES string of the molecule is Fc1ccc(C2=NN(c3ccccc3)CN(c3ccccc3)[N]2)cc1. The average molecular weight is 331 g/mol. The fraction of sp³-hybridized carbons (Fsp3) is 0.0500. The molecule has 1 heterocycles. The summed E-state index contributed by atoms with van der Waals surface area (Å²) in [6.45, 7) is 0.499. The fourth-order valence-electron chi connectivity index (χ4n) is 2.63. The molecule has 3 aromatic carbocycles. The van der Waals surface area contributed by atoms with Crippen LogP contribution in [0.1, 0.15) is 5.56 Å². The third-order valence-corrected chi connectivity index (χ3v) is 3.91. The Balaban J connectivity index is 1.73. The molecule has 0 aromatic heterocycles. The van der Waals surface area contributed by atoms with Gasteiger partial charge in [-0.25, -0.2) is 14.4 Å². The second-order valence-corrected chi connectivity index (χ2v) is 5.64. The number of amidine groups is 1. The first kappa shape index (κ1) is 15.2. The summed E-state index contributed by atoms with van der Waals surface area (Å²) in [5.74, 6) is 0.263. The first-order chi connectivity index (χ1) is 12.3. The number of nitrogens with zero attached hydrogens (tertiary/aromatic N) is 4. The van der Waals surface area contributed by atoms with Gasteiger partial charge in [-0.1, -0.05) is 36.4 Å². The van der Waals surface area contributed by atoms with Crippen molar-refractivity contribution in [2.24, 2.45) is 5.10 Å². The third kappa shape index (κ3) is 3.30. The third-order valence-electron chi connectivity index (χ3n) is 3.91. The van der Waals surface area contributed by atoms with Gasteiger partial charge in [0.1, 0.15) is 12.5 Å². The fourth-order valence-corrected chi connectivity index (χ4v) is 2.63. The Kier molecular flexibility index (Phi) is 4.04. The standard InChI is InChI=1S/C20H16FN4/c21-17-13-11-16(12-14-17)20-22-24(18-7-3-1-4-8-18)15-25(23-20)19-9-5-2-6-10-19/h1-14H,15H2. The van der Waals surface area contributed by atoms with E-state index in [1.165, 1.54) is 12.1 Å². The Morgan fingerprint density at radius 2 is 1.24 bits per heavy atom. The topological polar surface area (TPSA) is 32.9 Å². The molecule has 0 spiro atoms. The number of anilines is 2. The van der Waals surface area contributed by atoms with Crippen LogP contribution in [-0.4, -0.2) is 12.5 Å². The van der Waals surface area contributed by atoms with Crippen LogP contribution in [0.3, 0.4) is 0 Å². The summed E-state index contributed by atoms with van der Waals surface area (Å²) in [5.41, 5.74) is 7.35. The molecule has 4 nitrogen and oxygen atoms in total. The van der Waals surface area contributed by atoms with Crippen LogP contribution in [0.15, 0.2) is 90.0 Å². The van der Waals surface area contributed by atoms with Crippen molar-refractivity contribution in [3.8, 4) is 0 Å². The van der Waals surface area contributed by atoms with E-state index < -0.39 is 0 Å². The molecule has 3 aromatic rings. The highest BCUT2D eigenvalue weighted by Gasteiger charge is 2.23. The van der Waals surface area contributed by atoms with Gasteiger partial charge in [0.05, 0.1) is 11.4 Å². The number of benzene rings is 3. The van der Waals surface area contributed by atoms with Gasteiger partial charge in [0.2, 0.25) is 0 Å². The monoisotopic (exact) mass is 331 g/mol. The molecule has 5 heteroatoms. The molecule has 1 aliphatic heterocycles. The molecule has 25 heavy (non-hydrogen) atoms. The van der Waals surface area contributed by atoms with Crippen molar-refractivity contribution in [1.82, 2.24) is 5.43 Å². The van der Waals surface area contributed by atoms with E-state index in [1.54, 1.807) is 12.1 Å². The predicted octanol–water partition coefficient (Wildman–Crippen LogP) is 3.99. The van der Waals surface area contributed by atoms with Crippen molar-refractivity contribution >= 4 is 17.2 Å². The molecule has 0 fully saturated rings. The highest BCUT2D eigenvalue weighted by Crippen LogP contribution is 2.22. The van der Waals surface area contributed by atoms with Crippen LogP contribution < -0.4 is 15.4 Å². The Bertz CT molecular complexity index is 863. The van der Waals surface area contributed by atoms with Gasteiger partial charge in [-0.2, -0.15) is 0 Å². The number of rotatable bonds is 3. The lowest BCUT2D eigenvalue weighted by Crippen LogP contribution is -2.48. The second kappa shape index (κ2) is 6.65. The molecule has 0 amide bonds. The molecule has 123 valence electrons. The number of para-hydroxylation sites is 2. The maximum Gasteiger partial charge on any atom is 0.199 e. The van der Waals surface area contributed by atoms with E-state index in [-0.39, 0.29) is 5.82 Å². The normalized spacial score (nSPS) is 14.0. The van der Waals surface area contributed by atoms with E-state index >= 15 is 0 Å². The number of halogens is 1. The molecule has 0 saturated heterocycles. The summed E-state index contributed by atoms with van der Waals surface area (Å²) in [6.07, 6.45) is 0. The summed E-state index contributed by atoms with van der Waals surface area (Å²) >= 11 is 0. The van der Waals surface area contributed by atoms with Crippen molar-refractivity contribution in [3.05, 3.63) is 96.3 Å². The summed E-state index contributed by atoms with van der Waals surface area (Å²) in [4.78, 5) is 0. The minimum absolute atomic E-state index is 0.278. The molecule has 0 saturated carbocycles. The Morgan fingerprint density at radius 1 is 0.680 bits per heavy atom. The van der Waals surface area contributed by atoms with Gasteiger partial charge in [-0.15, -0.1) is 10.5 Å². The first-order valence-corrected chi connectivity index (χ1v) is 8.01. The minimum Gasteiger partial charge on any atom is -0.242 e. The summed E-state index contributed by atoms with van der Waals surface area (Å²) in [7, 11) is 0. The van der Waals surface area contributed by atoms with E-state index in [9.17, 15) is 4.39 Å². The molecule has 4 rings (SSSR count). The van der Waals surface area contributed by atoms with Crippen molar-refractivity contribution in [1.29, 1.82) is 0 Å². The lowest BCUT2D eigenvalue weighted by atomic mass is 10.2. The summed E-state index contributed by atoms with van der Waals surface area (Å²) in [6, 6.07) is 26.0. The van der Waals surface area contributed by atoms with Gasteiger partial charge in [0, 0.05) is 5.56 Å². The van der Waals surface area contributed by atoms with Gasteiger partial charge < -0.3 is 0 Å². The zero-order valence-corrected chi connectivity index (χ0v) is 13.5. The highest BCUT2D eigenvalue weighted by atomic mass is 19.1. The van der Waals surface area contributed by atoms with Crippen LogP contribution in [0.4, 0.5) is 15.8 Å². The van der Waals surface area contributed by atoms with Crippen LogP contribution >= 0.6 is 0 Å². The lowest BCUT2D eigenvalue weighted by molar-refractivity contribution is 0.627. The zero-order chi connectivity index (χ0) is 17.1. The predicted molar refractivity (Wildman–Crippen MR) is 97.8 cm³/mol. The number of hydrogen-bond donors (Lipinski definition) is 0. The van der Waals surface area contributed by atoms with Gasteiger partial charge in [0.25, 0.3) is 0 Å². The molecule has 1 radical (unpaired) electrons. The maximum atomic E-state index is 13.2.